The van der Waals surface area contributed by atoms with Crippen molar-refractivity contribution in [3.05, 3.63) is 16.9 Å². The number of carbonyl (C=O) groups is 1. The van der Waals surface area contributed by atoms with E-state index in [9.17, 15) is 4.79 Å². The minimum atomic E-state index is -0.212. The molecule has 1 rings (SSSR count). The average molecular weight is 231 g/mol. The maximum absolute atomic E-state index is 11.5. The number of nitrogens with one attached hydrogen (secondary N) is 2. The van der Waals surface area contributed by atoms with E-state index in [1.54, 1.807) is 0 Å². The van der Waals surface area contributed by atoms with Gasteiger partial charge in [0.25, 0.3) is 5.91 Å². The number of amides is 1. The second-order valence-electron chi connectivity index (χ2n) is 3.51. The molecule has 1 aromatic heterocycles. The molecular formula is C9H15ClN4O. The Kier molecular flexibility index (Phi) is 4.58. The molecule has 1 amide bonds. The summed E-state index contributed by atoms with van der Waals surface area (Å²) in [6.45, 7) is 1.57. The van der Waals surface area contributed by atoms with Crippen molar-refractivity contribution in [2.24, 2.45) is 0 Å². The highest BCUT2D eigenvalue weighted by Crippen LogP contribution is 2.10. The van der Waals surface area contributed by atoms with E-state index in [0.29, 0.717) is 17.3 Å². The SMILES string of the molecule is CN(C)CCCNC(=O)c1[nH]ncc1Cl. The largest absolute Gasteiger partial charge is 0.351 e. The molecule has 0 saturated heterocycles. The number of aromatic amines is 1. The Balaban J connectivity index is 2.28. The molecule has 0 aliphatic carbocycles. The molecule has 15 heavy (non-hydrogen) atoms. The fraction of sp³-hybridized carbons (Fsp3) is 0.556. The highest BCUT2D eigenvalue weighted by atomic mass is 35.5. The van der Waals surface area contributed by atoms with Crippen LogP contribution in [0.3, 0.4) is 0 Å². The molecule has 0 unspecified atom stereocenters. The number of H-pyrrole nitrogens is 1. The Morgan fingerprint density at radius 1 is 1.67 bits per heavy atom. The topological polar surface area (TPSA) is 61.0 Å². The van der Waals surface area contributed by atoms with Gasteiger partial charge in [-0.3, -0.25) is 9.89 Å². The number of hydrogen-bond donors (Lipinski definition) is 2. The van der Waals surface area contributed by atoms with Gasteiger partial charge in [-0.1, -0.05) is 11.6 Å². The molecule has 0 aromatic carbocycles. The van der Waals surface area contributed by atoms with E-state index in [1.807, 2.05) is 14.1 Å². The van der Waals surface area contributed by atoms with Gasteiger partial charge in [0.2, 0.25) is 0 Å². The summed E-state index contributed by atoms with van der Waals surface area (Å²) in [6, 6.07) is 0. The summed E-state index contributed by atoms with van der Waals surface area (Å²) in [5, 5.41) is 9.33. The van der Waals surface area contributed by atoms with Crippen molar-refractivity contribution in [1.29, 1.82) is 0 Å². The third-order valence-corrected chi connectivity index (χ3v) is 2.17. The quantitative estimate of drug-likeness (QED) is 0.734. The van der Waals surface area contributed by atoms with E-state index >= 15 is 0 Å². The smallest absolute Gasteiger partial charge is 0.270 e. The molecule has 2 N–H and O–H groups in total. The summed E-state index contributed by atoms with van der Waals surface area (Å²) in [7, 11) is 3.99. The van der Waals surface area contributed by atoms with E-state index in [4.69, 9.17) is 11.6 Å². The summed E-state index contributed by atoms with van der Waals surface area (Å²) >= 11 is 5.74. The number of carbonyl (C=O) groups excluding carboxylic acids is 1. The van der Waals surface area contributed by atoms with Crippen molar-refractivity contribution in [3.8, 4) is 0 Å². The van der Waals surface area contributed by atoms with Gasteiger partial charge in [-0.05, 0) is 27.1 Å². The van der Waals surface area contributed by atoms with E-state index in [-0.39, 0.29) is 5.91 Å². The summed E-state index contributed by atoms with van der Waals surface area (Å²) in [5.41, 5.74) is 0.321. The molecule has 84 valence electrons. The van der Waals surface area contributed by atoms with Gasteiger partial charge in [-0.15, -0.1) is 0 Å². The zero-order valence-electron chi connectivity index (χ0n) is 8.88. The predicted octanol–water partition coefficient (Wildman–Crippen LogP) is 0.745. The van der Waals surface area contributed by atoms with Crippen molar-refractivity contribution < 1.29 is 4.79 Å². The number of nitrogens with zero attached hydrogens (tertiary/aromatic N) is 2. The standard InChI is InChI=1S/C9H15ClN4O/c1-14(2)5-3-4-11-9(15)8-7(10)6-12-13-8/h6H,3-5H2,1-2H3,(H,11,15)(H,12,13). The molecule has 0 spiro atoms. The minimum absolute atomic E-state index is 0.212. The van der Waals surface area contributed by atoms with Gasteiger partial charge < -0.3 is 10.2 Å². The first-order valence-electron chi connectivity index (χ1n) is 4.73. The number of halogens is 1. The second-order valence-corrected chi connectivity index (χ2v) is 3.91. The summed E-state index contributed by atoms with van der Waals surface area (Å²) in [6.07, 6.45) is 2.32. The molecule has 5 nitrogen and oxygen atoms in total. The van der Waals surface area contributed by atoms with Crippen LogP contribution >= 0.6 is 11.6 Å². The number of rotatable bonds is 5. The van der Waals surface area contributed by atoms with Crippen molar-refractivity contribution >= 4 is 17.5 Å². The van der Waals surface area contributed by atoms with E-state index in [1.165, 1.54) is 6.20 Å². The predicted molar refractivity (Wildman–Crippen MR) is 59.1 cm³/mol. The molecule has 0 aliphatic rings. The lowest BCUT2D eigenvalue weighted by Gasteiger charge is -2.09. The monoisotopic (exact) mass is 230 g/mol. The van der Waals surface area contributed by atoms with Crippen LogP contribution in [0.2, 0.25) is 5.02 Å². The Labute approximate surface area is 93.8 Å². The van der Waals surface area contributed by atoms with Gasteiger partial charge in [0, 0.05) is 6.54 Å². The molecule has 0 aliphatic heterocycles. The fourth-order valence-electron chi connectivity index (χ4n) is 1.12. The summed E-state index contributed by atoms with van der Waals surface area (Å²) < 4.78 is 0. The van der Waals surface area contributed by atoms with Crippen LogP contribution in [0.15, 0.2) is 6.20 Å². The van der Waals surface area contributed by atoms with Gasteiger partial charge in [-0.2, -0.15) is 5.10 Å². The Hall–Kier alpha value is -1.07. The van der Waals surface area contributed by atoms with Crippen molar-refractivity contribution in [2.45, 2.75) is 6.42 Å². The van der Waals surface area contributed by atoms with Crippen LogP contribution in [0.4, 0.5) is 0 Å². The lowest BCUT2D eigenvalue weighted by molar-refractivity contribution is 0.0947. The lowest BCUT2D eigenvalue weighted by Crippen LogP contribution is -2.27. The van der Waals surface area contributed by atoms with E-state index in [0.717, 1.165) is 13.0 Å². The zero-order valence-corrected chi connectivity index (χ0v) is 9.64. The molecule has 6 heteroatoms. The number of hydrogen-bond acceptors (Lipinski definition) is 3. The fourth-order valence-corrected chi connectivity index (χ4v) is 1.29. The van der Waals surface area contributed by atoms with Crippen LogP contribution in [0.1, 0.15) is 16.9 Å². The Morgan fingerprint density at radius 2 is 2.40 bits per heavy atom. The maximum Gasteiger partial charge on any atom is 0.270 e. The van der Waals surface area contributed by atoms with Crippen LogP contribution in [-0.4, -0.2) is 48.2 Å². The van der Waals surface area contributed by atoms with Crippen molar-refractivity contribution in [2.75, 3.05) is 27.2 Å². The van der Waals surface area contributed by atoms with Gasteiger partial charge in [0.05, 0.1) is 11.2 Å². The summed E-state index contributed by atoms with van der Waals surface area (Å²) in [4.78, 5) is 13.6. The van der Waals surface area contributed by atoms with Crippen LogP contribution in [0, 0.1) is 0 Å². The van der Waals surface area contributed by atoms with Gasteiger partial charge in [0.1, 0.15) is 5.69 Å². The second kappa shape index (κ2) is 5.72. The molecule has 0 atom stereocenters. The third-order valence-electron chi connectivity index (χ3n) is 1.89. The Bertz CT molecular complexity index is 324. The van der Waals surface area contributed by atoms with Gasteiger partial charge in [-0.25, -0.2) is 0 Å². The Morgan fingerprint density at radius 3 is 2.93 bits per heavy atom. The zero-order chi connectivity index (χ0) is 11.3. The van der Waals surface area contributed by atoms with Gasteiger partial charge in [0.15, 0.2) is 0 Å². The molecule has 1 aromatic rings. The molecule has 1 heterocycles. The first-order valence-corrected chi connectivity index (χ1v) is 5.11. The van der Waals surface area contributed by atoms with Crippen molar-refractivity contribution in [3.63, 3.8) is 0 Å². The first-order chi connectivity index (χ1) is 7.11. The highest BCUT2D eigenvalue weighted by molar-refractivity contribution is 6.33. The molecule has 0 bridgehead atoms. The molecule has 0 fully saturated rings. The normalized spacial score (nSPS) is 10.7. The van der Waals surface area contributed by atoms with Crippen LogP contribution in [0.5, 0.6) is 0 Å². The number of aromatic nitrogens is 2. The van der Waals surface area contributed by atoms with Crippen LogP contribution < -0.4 is 5.32 Å². The third kappa shape index (κ3) is 3.89. The van der Waals surface area contributed by atoms with Crippen LogP contribution in [-0.2, 0) is 0 Å². The summed E-state index contributed by atoms with van der Waals surface area (Å²) in [5.74, 6) is -0.212. The molecule has 0 saturated carbocycles. The van der Waals surface area contributed by atoms with Crippen molar-refractivity contribution in [1.82, 2.24) is 20.4 Å². The van der Waals surface area contributed by atoms with Gasteiger partial charge >= 0.3 is 0 Å². The molecular weight excluding hydrogens is 216 g/mol. The highest BCUT2D eigenvalue weighted by Gasteiger charge is 2.10. The van der Waals surface area contributed by atoms with Crippen LogP contribution in [0.25, 0.3) is 0 Å². The average Bonchev–Trinajstić information content (AvgIpc) is 2.58. The maximum atomic E-state index is 11.5. The lowest BCUT2D eigenvalue weighted by atomic mass is 10.3. The first kappa shape index (κ1) is 12.0. The minimum Gasteiger partial charge on any atom is -0.351 e. The molecule has 0 radical (unpaired) electrons. The van der Waals surface area contributed by atoms with E-state index in [2.05, 4.69) is 20.4 Å². The van der Waals surface area contributed by atoms with E-state index < -0.39 is 0 Å².